The van der Waals surface area contributed by atoms with E-state index in [1.807, 2.05) is 0 Å². The Labute approximate surface area is 120 Å². The standard InChI is InChI=1S/C12H8BrN5O2/c1-17-10-8(5-14-6-16-10)11(19)18(12(17)20)7-2-3-9(13)15-4-7/h2-6H,1H3. The Hall–Kier alpha value is -2.35. The van der Waals surface area contributed by atoms with Gasteiger partial charge in [-0.15, -0.1) is 0 Å². The normalized spacial score (nSPS) is 10.9. The SMILES string of the molecule is Cn1c(=O)n(-c2ccc(Br)nc2)c(=O)c2cncnc21. The molecule has 0 aliphatic carbocycles. The average molecular weight is 334 g/mol. The average Bonchev–Trinajstić information content (AvgIpc) is 2.47. The Morgan fingerprint density at radius 2 is 1.95 bits per heavy atom. The number of aromatic nitrogens is 5. The summed E-state index contributed by atoms with van der Waals surface area (Å²) < 4.78 is 2.97. The van der Waals surface area contributed by atoms with Crippen molar-refractivity contribution in [1.82, 2.24) is 24.1 Å². The van der Waals surface area contributed by atoms with E-state index in [9.17, 15) is 9.59 Å². The summed E-state index contributed by atoms with van der Waals surface area (Å²) in [6.45, 7) is 0. The highest BCUT2D eigenvalue weighted by atomic mass is 79.9. The summed E-state index contributed by atoms with van der Waals surface area (Å²) in [5, 5.41) is 0.275. The second-order valence-electron chi connectivity index (χ2n) is 4.08. The predicted octanol–water partition coefficient (Wildman–Crippen LogP) is 0.637. The molecule has 0 saturated carbocycles. The van der Waals surface area contributed by atoms with E-state index >= 15 is 0 Å². The molecule has 0 saturated heterocycles. The molecule has 0 radical (unpaired) electrons. The van der Waals surface area contributed by atoms with Gasteiger partial charge in [0, 0.05) is 13.2 Å². The maximum atomic E-state index is 12.4. The minimum Gasteiger partial charge on any atom is -0.280 e. The van der Waals surface area contributed by atoms with Crippen LogP contribution in [0.2, 0.25) is 0 Å². The molecule has 0 aromatic carbocycles. The smallest absolute Gasteiger partial charge is 0.280 e. The quantitative estimate of drug-likeness (QED) is 0.610. The number of fused-ring (bicyclic) bond motifs is 1. The molecule has 0 spiro atoms. The highest BCUT2D eigenvalue weighted by molar-refractivity contribution is 9.10. The largest absolute Gasteiger partial charge is 0.337 e. The second-order valence-corrected chi connectivity index (χ2v) is 4.89. The van der Waals surface area contributed by atoms with Gasteiger partial charge in [0.25, 0.3) is 5.56 Å². The molecule has 7 nitrogen and oxygen atoms in total. The summed E-state index contributed by atoms with van der Waals surface area (Å²) in [7, 11) is 1.56. The van der Waals surface area contributed by atoms with Gasteiger partial charge in [-0.05, 0) is 28.1 Å². The van der Waals surface area contributed by atoms with E-state index in [0.29, 0.717) is 15.9 Å². The number of halogens is 1. The van der Waals surface area contributed by atoms with Gasteiger partial charge in [0.2, 0.25) is 0 Å². The summed E-state index contributed by atoms with van der Waals surface area (Å²) in [4.78, 5) is 36.6. The molecule has 0 unspecified atom stereocenters. The molecule has 0 N–H and O–H groups in total. The van der Waals surface area contributed by atoms with E-state index in [0.717, 1.165) is 4.57 Å². The first-order valence-electron chi connectivity index (χ1n) is 5.63. The molecule has 0 aliphatic heterocycles. The van der Waals surface area contributed by atoms with Crippen LogP contribution in [0.15, 0.2) is 45.0 Å². The molecule has 0 fully saturated rings. The number of nitrogens with zero attached hydrogens (tertiary/aromatic N) is 5. The zero-order valence-corrected chi connectivity index (χ0v) is 11.9. The van der Waals surface area contributed by atoms with Crippen molar-refractivity contribution in [3.8, 4) is 5.69 Å². The molecule has 0 bridgehead atoms. The van der Waals surface area contributed by atoms with Gasteiger partial charge < -0.3 is 0 Å². The molecule has 8 heteroatoms. The van der Waals surface area contributed by atoms with Crippen LogP contribution < -0.4 is 11.2 Å². The van der Waals surface area contributed by atoms with E-state index in [1.165, 1.54) is 23.3 Å². The third-order valence-corrected chi connectivity index (χ3v) is 3.36. The van der Waals surface area contributed by atoms with Gasteiger partial charge >= 0.3 is 5.69 Å². The van der Waals surface area contributed by atoms with Gasteiger partial charge in [0.05, 0.1) is 11.9 Å². The van der Waals surface area contributed by atoms with Gasteiger partial charge in [-0.3, -0.25) is 9.36 Å². The number of pyridine rings is 1. The Bertz CT molecular complexity index is 914. The van der Waals surface area contributed by atoms with Crippen LogP contribution >= 0.6 is 15.9 Å². The lowest BCUT2D eigenvalue weighted by atomic mass is 10.3. The number of hydrogen-bond donors (Lipinski definition) is 0. The highest BCUT2D eigenvalue weighted by Crippen LogP contribution is 2.09. The van der Waals surface area contributed by atoms with Gasteiger partial charge in [0.15, 0.2) is 5.65 Å². The fraction of sp³-hybridized carbons (Fsp3) is 0.0833. The molecule has 3 aromatic heterocycles. The first-order chi connectivity index (χ1) is 9.59. The molecule has 0 aliphatic rings. The molecule has 3 heterocycles. The molecule has 100 valence electrons. The van der Waals surface area contributed by atoms with Crippen molar-refractivity contribution >= 4 is 27.0 Å². The summed E-state index contributed by atoms with van der Waals surface area (Å²) in [6, 6.07) is 3.29. The molecule has 20 heavy (non-hydrogen) atoms. The van der Waals surface area contributed by atoms with Crippen LogP contribution in [0.1, 0.15) is 0 Å². The number of rotatable bonds is 1. The topological polar surface area (TPSA) is 82.7 Å². The van der Waals surface area contributed by atoms with Crippen LogP contribution in [0, 0.1) is 0 Å². The van der Waals surface area contributed by atoms with Crippen molar-refractivity contribution in [2.24, 2.45) is 7.05 Å². The molecule has 0 amide bonds. The van der Waals surface area contributed by atoms with Crippen LogP contribution in [-0.2, 0) is 7.05 Å². The van der Waals surface area contributed by atoms with Crippen molar-refractivity contribution in [3.63, 3.8) is 0 Å². The van der Waals surface area contributed by atoms with E-state index in [-0.39, 0.29) is 5.39 Å². The lowest BCUT2D eigenvalue weighted by Gasteiger charge is -2.09. The van der Waals surface area contributed by atoms with Crippen LogP contribution in [-0.4, -0.2) is 24.1 Å². The Morgan fingerprint density at radius 3 is 2.65 bits per heavy atom. The summed E-state index contributed by atoms with van der Waals surface area (Å²) in [5.74, 6) is 0. The molecular formula is C12H8BrN5O2. The molecule has 3 rings (SSSR count). The summed E-state index contributed by atoms with van der Waals surface area (Å²) >= 11 is 3.21. The summed E-state index contributed by atoms with van der Waals surface area (Å²) in [6.07, 6.45) is 4.14. The van der Waals surface area contributed by atoms with Gasteiger partial charge in [-0.25, -0.2) is 24.3 Å². The maximum absolute atomic E-state index is 12.4. The zero-order valence-electron chi connectivity index (χ0n) is 10.3. The van der Waals surface area contributed by atoms with Gasteiger partial charge in [-0.2, -0.15) is 0 Å². The second kappa shape index (κ2) is 4.64. The van der Waals surface area contributed by atoms with E-state index in [2.05, 4.69) is 30.9 Å². The lowest BCUT2D eigenvalue weighted by molar-refractivity contribution is 0.760. The monoisotopic (exact) mass is 333 g/mol. The van der Waals surface area contributed by atoms with Crippen LogP contribution in [0.25, 0.3) is 16.7 Å². The third-order valence-electron chi connectivity index (χ3n) is 2.89. The van der Waals surface area contributed by atoms with E-state index in [4.69, 9.17) is 0 Å². The minimum absolute atomic E-state index is 0.275. The van der Waals surface area contributed by atoms with Gasteiger partial charge in [-0.1, -0.05) is 0 Å². The first-order valence-corrected chi connectivity index (χ1v) is 6.42. The van der Waals surface area contributed by atoms with Crippen LogP contribution in [0.3, 0.4) is 0 Å². The van der Waals surface area contributed by atoms with Crippen molar-refractivity contribution < 1.29 is 0 Å². The van der Waals surface area contributed by atoms with E-state index in [1.54, 1.807) is 19.2 Å². The van der Waals surface area contributed by atoms with Crippen molar-refractivity contribution in [2.75, 3.05) is 0 Å². The fourth-order valence-corrected chi connectivity index (χ4v) is 2.15. The van der Waals surface area contributed by atoms with Crippen molar-refractivity contribution in [1.29, 1.82) is 0 Å². The predicted molar refractivity (Wildman–Crippen MR) is 75.9 cm³/mol. The third kappa shape index (κ3) is 1.85. The van der Waals surface area contributed by atoms with Crippen LogP contribution in [0.5, 0.6) is 0 Å². The van der Waals surface area contributed by atoms with E-state index < -0.39 is 11.2 Å². The summed E-state index contributed by atoms with van der Waals surface area (Å²) in [5.41, 5.74) is -0.251. The fourth-order valence-electron chi connectivity index (χ4n) is 1.92. The maximum Gasteiger partial charge on any atom is 0.337 e. The minimum atomic E-state index is -0.481. The lowest BCUT2D eigenvalue weighted by Crippen LogP contribution is -2.38. The molecular weight excluding hydrogens is 326 g/mol. The highest BCUT2D eigenvalue weighted by Gasteiger charge is 2.13. The number of hydrogen-bond acceptors (Lipinski definition) is 5. The van der Waals surface area contributed by atoms with Gasteiger partial charge in [0.1, 0.15) is 16.3 Å². The number of aryl methyl sites for hydroxylation is 1. The molecule has 0 atom stereocenters. The van der Waals surface area contributed by atoms with Crippen LogP contribution in [0.4, 0.5) is 0 Å². The first kappa shape index (κ1) is 12.7. The Balaban J connectivity index is 2.45. The van der Waals surface area contributed by atoms with Crippen molar-refractivity contribution in [3.05, 3.63) is 56.3 Å². The van der Waals surface area contributed by atoms with Crippen molar-refractivity contribution in [2.45, 2.75) is 0 Å². The Kier molecular flexibility index (Phi) is 2.94. The Morgan fingerprint density at radius 1 is 1.15 bits per heavy atom. The zero-order chi connectivity index (χ0) is 14.3. The molecule has 3 aromatic rings.